The fourth-order valence-corrected chi connectivity index (χ4v) is 6.91. The first-order valence-electron chi connectivity index (χ1n) is 26.8. The molecule has 0 heterocycles. The molecule has 0 aliphatic rings. The Balaban J connectivity index is 4.56. The van der Waals surface area contributed by atoms with E-state index < -0.39 is 6.10 Å². The second-order valence-corrected chi connectivity index (χ2v) is 17.3. The summed E-state index contributed by atoms with van der Waals surface area (Å²) in [5, 5.41) is 0. The third kappa shape index (κ3) is 52.4. The van der Waals surface area contributed by atoms with Gasteiger partial charge in [-0.1, -0.05) is 270 Å². The van der Waals surface area contributed by atoms with Gasteiger partial charge < -0.3 is 14.2 Å². The molecule has 6 heteroatoms. The molecule has 6 nitrogen and oxygen atoms in total. The molecule has 0 aromatic rings. The summed E-state index contributed by atoms with van der Waals surface area (Å²) in [5.41, 5.74) is 0. The normalized spacial score (nSPS) is 13.2. The Hall–Kier alpha value is -4.45. The zero-order valence-corrected chi connectivity index (χ0v) is 42.9. The van der Waals surface area contributed by atoms with E-state index in [9.17, 15) is 14.4 Å². The maximum atomic E-state index is 12.8. The van der Waals surface area contributed by atoms with Crippen LogP contribution in [-0.2, 0) is 28.6 Å². The highest BCUT2D eigenvalue weighted by Gasteiger charge is 2.19. The number of esters is 3. The average molecular weight is 925 g/mol. The molecule has 0 aliphatic heterocycles. The Morgan fingerprint density at radius 2 is 0.612 bits per heavy atom. The summed E-state index contributed by atoms with van der Waals surface area (Å²) in [4.78, 5) is 38.1. The lowest BCUT2D eigenvalue weighted by Gasteiger charge is -2.18. The number of allylic oxidation sites excluding steroid dienone is 22. The number of unbranched alkanes of at least 4 members (excludes halogenated alkanes) is 22. The van der Waals surface area contributed by atoms with Gasteiger partial charge in [0.25, 0.3) is 0 Å². The van der Waals surface area contributed by atoms with E-state index in [1.54, 1.807) is 0 Å². The summed E-state index contributed by atoms with van der Waals surface area (Å²) < 4.78 is 16.8. The van der Waals surface area contributed by atoms with Crippen LogP contribution in [0.15, 0.2) is 134 Å². The van der Waals surface area contributed by atoms with Gasteiger partial charge in [0.05, 0.1) is 0 Å². The zero-order chi connectivity index (χ0) is 48.6. The Labute approximate surface area is 411 Å². The summed E-state index contributed by atoms with van der Waals surface area (Å²) >= 11 is 0. The molecule has 0 radical (unpaired) electrons. The van der Waals surface area contributed by atoms with E-state index in [4.69, 9.17) is 14.2 Å². The number of ether oxygens (including phenoxy) is 3. The fourth-order valence-electron chi connectivity index (χ4n) is 6.91. The Morgan fingerprint density at radius 1 is 0.313 bits per heavy atom. The predicted molar refractivity (Wildman–Crippen MR) is 288 cm³/mol. The lowest BCUT2D eigenvalue weighted by molar-refractivity contribution is -0.167. The smallest absolute Gasteiger partial charge is 0.306 e. The molecule has 376 valence electrons. The highest BCUT2D eigenvalue weighted by atomic mass is 16.6. The van der Waals surface area contributed by atoms with Crippen molar-refractivity contribution in [1.29, 1.82) is 0 Å². The molecule has 0 amide bonds. The number of hydrogen-bond acceptors (Lipinski definition) is 6. The molecule has 0 rings (SSSR count). The van der Waals surface area contributed by atoms with Gasteiger partial charge in [0.15, 0.2) is 6.10 Å². The van der Waals surface area contributed by atoms with Gasteiger partial charge >= 0.3 is 17.9 Å². The van der Waals surface area contributed by atoms with E-state index in [2.05, 4.69) is 57.2 Å². The van der Waals surface area contributed by atoms with Crippen molar-refractivity contribution in [3.63, 3.8) is 0 Å². The Bertz CT molecular complexity index is 1480. The minimum Gasteiger partial charge on any atom is -0.462 e. The molecular formula is C61H96O6. The van der Waals surface area contributed by atoms with E-state index in [0.29, 0.717) is 19.3 Å². The van der Waals surface area contributed by atoms with Crippen molar-refractivity contribution in [1.82, 2.24) is 0 Å². The van der Waals surface area contributed by atoms with Crippen LogP contribution in [0.2, 0.25) is 0 Å². The van der Waals surface area contributed by atoms with Crippen LogP contribution in [0, 0.1) is 0 Å². The topological polar surface area (TPSA) is 78.9 Å². The monoisotopic (exact) mass is 925 g/mol. The summed E-state index contributed by atoms with van der Waals surface area (Å²) in [6, 6.07) is 0. The van der Waals surface area contributed by atoms with E-state index in [0.717, 1.165) is 89.9 Å². The maximum Gasteiger partial charge on any atom is 0.306 e. The van der Waals surface area contributed by atoms with Gasteiger partial charge in [-0.15, -0.1) is 0 Å². The Kier molecular flexibility index (Phi) is 50.6. The van der Waals surface area contributed by atoms with Gasteiger partial charge in [0.2, 0.25) is 0 Å². The number of rotatable bonds is 46. The van der Waals surface area contributed by atoms with Crippen molar-refractivity contribution in [3.05, 3.63) is 134 Å². The summed E-state index contributed by atoms with van der Waals surface area (Å²) in [7, 11) is 0. The van der Waals surface area contributed by atoms with Crippen LogP contribution >= 0.6 is 0 Å². The van der Waals surface area contributed by atoms with E-state index in [1.165, 1.54) is 77.0 Å². The third-order valence-electron chi connectivity index (χ3n) is 10.9. The zero-order valence-electron chi connectivity index (χ0n) is 42.9. The average Bonchev–Trinajstić information content (AvgIpc) is 3.33. The van der Waals surface area contributed by atoms with Gasteiger partial charge in [0.1, 0.15) is 13.2 Å². The van der Waals surface area contributed by atoms with Crippen LogP contribution in [-0.4, -0.2) is 37.2 Å². The largest absolute Gasteiger partial charge is 0.462 e. The van der Waals surface area contributed by atoms with Gasteiger partial charge in [-0.3, -0.25) is 14.4 Å². The quantitative estimate of drug-likeness (QED) is 0.0262. The van der Waals surface area contributed by atoms with Crippen molar-refractivity contribution in [2.24, 2.45) is 0 Å². The molecule has 0 bridgehead atoms. The molecule has 0 fully saturated rings. The van der Waals surface area contributed by atoms with Crippen LogP contribution in [0.1, 0.15) is 213 Å². The summed E-state index contributed by atoms with van der Waals surface area (Å²) in [6.45, 7) is 6.34. The molecule has 0 spiro atoms. The molecule has 1 atom stereocenters. The standard InChI is InChI=1S/C61H96O6/c1-4-7-10-13-16-19-22-25-28-30-32-33-36-39-42-45-48-51-54-60(63)66-57-58(56-65-59(62)53-50-47-44-41-38-35-27-24-21-18-15-12-9-6-3)67-61(64)55-52-49-46-43-40-37-34-31-29-26-23-20-17-14-11-8-5-2/h8,10-11,13-14,16-17,19-20,22-23,25-26,28-34,37,40,58H,4-7,9,12,15,18,21,24,27,35-36,38-39,41-57H2,1-3H3/b11-8-,13-10-,17-14-,19-16-,23-20-,25-22-,29-26-,30-28-,33-32-,34-31+,40-37-. The number of carbonyl (C=O) groups is 3. The van der Waals surface area contributed by atoms with Crippen LogP contribution < -0.4 is 0 Å². The minimum absolute atomic E-state index is 0.108. The molecular weight excluding hydrogens is 829 g/mol. The Morgan fingerprint density at radius 3 is 0.985 bits per heavy atom. The van der Waals surface area contributed by atoms with Gasteiger partial charge in [-0.05, 0) is 57.8 Å². The molecule has 67 heavy (non-hydrogen) atoms. The third-order valence-corrected chi connectivity index (χ3v) is 10.9. The van der Waals surface area contributed by atoms with Crippen molar-refractivity contribution in [3.8, 4) is 0 Å². The summed E-state index contributed by atoms with van der Waals surface area (Å²) in [5.74, 6) is -0.983. The maximum absolute atomic E-state index is 12.8. The first-order chi connectivity index (χ1) is 33.0. The lowest BCUT2D eigenvalue weighted by atomic mass is 10.0. The van der Waals surface area contributed by atoms with Crippen LogP contribution in [0.3, 0.4) is 0 Å². The van der Waals surface area contributed by atoms with Gasteiger partial charge in [-0.2, -0.15) is 0 Å². The molecule has 0 aromatic heterocycles. The minimum atomic E-state index is -0.816. The SMILES string of the molecule is CC\C=C/C=C\C=C/C=C\C=C\C=C/CCCCCC(=O)OC(COC(=O)CCCCCCC\C=C/C=C\C=C/C=C\C=C/CCC)COC(=O)CCCCCCCCCCCCCCCC. The van der Waals surface area contributed by atoms with Crippen molar-refractivity contribution in [2.75, 3.05) is 13.2 Å². The first kappa shape index (κ1) is 62.5. The molecule has 0 aliphatic carbocycles. The van der Waals surface area contributed by atoms with Gasteiger partial charge in [-0.25, -0.2) is 0 Å². The fraction of sp³-hybridized carbons (Fsp3) is 0.590. The van der Waals surface area contributed by atoms with Crippen LogP contribution in [0.25, 0.3) is 0 Å². The molecule has 1 unspecified atom stereocenters. The molecule has 0 saturated carbocycles. The predicted octanol–water partition coefficient (Wildman–Crippen LogP) is 17.9. The summed E-state index contributed by atoms with van der Waals surface area (Å²) in [6.07, 6.45) is 75.6. The van der Waals surface area contributed by atoms with Crippen LogP contribution in [0.5, 0.6) is 0 Å². The second-order valence-electron chi connectivity index (χ2n) is 17.3. The molecule has 0 aromatic carbocycles. The van der Waals surface area contributed by atoms with Crippen molar-refractivity contribution >= 4 is 17.9 Å². The lowest BCUT2D eigenvalue weighted by Crippen LogP contribution is -2.30. The van der Waals surface area contributed by atoms with E-state index in [-0.39, 0.29) is 37.5 Å². The van der Waals surface area contributed by atoms with Crippen LogP contribution in [0.4, 0.5) is 0 Å². The van der Waals surface area contributed by atoms with E-state index >= 15 is 0 Å². The van der Waals surface area contributed by atoms with Crippen molar-refractivity contribution in [2.45, 2.75) is 219 Å². The highest BCUT2D eigenvalue weighted by molar-refractivity contribution is 5.71. The first-order valence-corrected chi connectivity index (χ1v) is 26.8. The molecule has 0 saturated heterocycles. The number of hydrogen-bond donors (Lipinski definition) is 0. The molecule has 0 N–H and O–H groups in total. The van der Waals surface area contributed by atoms with E-state index in [1.807, 2.05) is 97.2 Å². The van der Waals surface area contributed by atoms with Crippen molar-refractivity contribution < 1.29 is 28.6 Å². The second kappa shape index (κ2) is 54.2. The highest BCUT2D eigenvalue weighted by Crippen LogP contribution is 2.15. The van der Waals surface area contributed by atoms with Gasteiger partial charge in [0, 0.05) is 19.3 Å². The number of carbonyl (C=O) groups excluding carboxylic acids is 3.